The number of carbonyl (C=O) groups is 1. The summed E-state index contributed by atoms with van der Waals surface area (Å²) in [6, 6.07) is 5.82. The number of carbonyl (C=O) groups excluding carboxylic acids is 1. The molecule has 1 aromatic heterocycles. The van der Waals surface area contributed by atoms with Crippen LogP contribution in [0.25, 0.3) is 0 Å². The van der Waals surface area contributed by atoms with E-state index in [1.807, 2.05) is 0 Å². The standard InChI is InChI=1S/C16H20N4O4S/c1-16(2,3)15(21)19-11-5-7-12(8-6-11)25(22,23)20-13-14(24-4)18-10-9-17-13/h5-10H,1-4H3,(H,17,20)(H,19,21). The van der Waals surface area contributed by atoms with E-state index in [0.717, 1.165) is 0 Å². The van der Waals surface area contributed by atoms with Crippen LogP contribution in [0.15, 0.2) is 41.6 Å². The second-order valence-electron chi connectivity index (χ2n) is 6.25. The number of methoxy groups -OCH3 is 1. The largest absolute Gasteiger partial charge is 0.478 e. The topological polar surface area (TPSA) is 110 Å². The normalized spacial score (nSPS) is 11.7. The minimum absolute atomic E-state index is 0.00453. The molecule has 0 radical (unpaired) electrons. The van der Waals surface area contributed by atoms with E-state index < -0.39 is 15.4 Å². The summed E-state index contributed by atoms with van der Waals surface area (Å²) in [7, 11) is -2.50. The Morgan fingerprint density at radius 1 is 1.08 bits per heavy atom. The van der Waals surface area contributed by atoms with Gasteiger partial charge in [0.25, 0.3) is 15.9 Å². The fourth-order valence-electron chi connectivity index (χ4n) is 1.77. The Bertz CT molecular complexity index is 858. The molecule has 25 heavy (non-hydrogen) atoms. The minimum Gasteiger partial charge on any atom is -0.478 e. The third-order valence-electron chi connectivity index (χ3n) is 3.19. The minimum atomic E-state index is -3.86. The number of sulfonamides is 1. The van der Waals surface area contributed by atoms with Gasteiger partial charge in [-0.05, 0) is 24.3 Å². The summed E-state index contributed by atoms with van der Waals surface area (Å²) in [6.45, 7) is 5.37. The average molecular weight is 364 g/mol. The zero-order chi connectivity index (χ0) is 18.7. The lowest BCUT2D eigenvalue weighted by Gasteiger charge is -2.17. The lowest BCUT2D eigenvalue weighted by atomic mass is 9.95. The van der Waals surface area contributed by atoms with Gasteiger partial charge in [-0.2, -0.15) is 0 Å². The molecule has 0 aliphatic heterocycles. The van der Waals surface area contributed by atoms with Gasteiger partial charge in [0.1, 0.15) is 0 Å². The molecule has 0 aliphatic rings. The Morgan fingerprint density at radius 3 is 2.24 bits per heavy atom. The number of nitrogens with zero attached hydrogens (tertiary/aromatic N) is 2. The zero-order valence-corrected chi connectivity index (χ0v) is 15.2. The van der Waals surface area contributed by atoms with Crippen molar-refractivity contribution in [1.29, 1.82) is 0 Å². The molecule has 1 amide bonds. The van der Waals surface area contributed by atoms with Gasteiger partial charge >= 0.3 is 0 Å². The molecule has 2 aromatic rings. The van der Waals surface area contributed by atoms with Gasteiger partial charge in [-0.3, -0.25) is 9.52 Å². The van der Waals surface area contributed by atoms with E-state index in [9.17, 15) is 13.2 Å². The SMILES string of the molecule is COc1nccnc1NS(=O)(=O)c1ccc(NC(=O)C(C)(C)C)cc1. The first-order valence-electron chi connectivity index (χ1n) is 7.43. The summed E-state index contributed by atoms with van der Waals surface area (Å²) < 4.78 is 32.2. The van der Waals surface area contributed by atoms with Crippen molar-refractivity contribution < 1.29 is 17.9 Å². The molecule has 0 saturated heterocycles. The number of rotatable bonds is 5. The van der Waals surface area contributed by atoms with Gasteiger partial charge in [0.05, 0.1) is 12.0 Å². The molecule has 0 bridgehead atoms. The molecule has 134 valence electrons. The summed E-state index contributed by atoms with van der Waals surface area (Å²) >= 11 is 0. The molecule has 0 unspecified atom stereocenters. The summed E-state index contributed by atoms with van der Waals surface area (Å²) in [4.78, 5) is 19.8. The predicted octanol–water partition coefficient (Wildman–Crippen LogP) is 2.27. The van der Waals surface area contributed by atoms with Crippen molar-refractivity contribution in [3.05, 3.63) is 36.7 Å². The van der Waals surface area contributed by atoms with Gasteiger partial charge in [0.2, 0.25) is 11.7 Å². The number of benzene rings is 1. The molecule has 8 nitrogen and oxygen atoms in total. The van der Waals surface area contributed by atoms with Crippen LogP contribution in [0.1, 0.15) is 20.8 Å². The van der Waals surface area contributed by atoms with E-state index in [-0.39, 0.29) is 22.5 Å². The van der Waals surface area contributed by atoms with Crippen LogP contribution >= 0.6 is 0 Å². The predicted molar refractivity (Wildman–Crippen MR) is 93.9 cm³/mol. The van der Waals surface area contributed by atoms with Gasteiger partial charge in [0, 0.05) is 23.5 Å². The molecule has 0 aliphatic carbocycles. The summed E-state index contributed by atoms with van der Waals surface area (Å²) in [5, 5.41) is 2.73. The molecule has 0 atom stereocenters. The molecule has 2 N–H and O–H groups in total. The molecule has 1 aromatic carbocycles. The van der Waals surface area contributed by atoms with Crippen LogP contribution < -0.4 is 14.8 Å². The first kappa shape index (κ1) is 18.7. The van der Waals surface area contributed by atoms with Crippen LogP contribution in [0.2, 0.25) is 0 Å². The maximum Gasteiger partial charge on any atom is 0.263 e. The van der Waals surface area contributed by atoms with E-state index >= 15 is 0 Å². The number of hydrogen-bond donors (Lipinski definition) is 2. The number of nitrogens with one attached hydrogen (secondary N) is 2. The van der Waals surface area contributed by atoms with Gasteiger partial charge in [0.15, 0.2) is 0 Å². The van der Waals surface area contributed by atoms with E-state index in [2.05, 4.69) is 20.0 Å². The van der Waals surface area contributed by atoms with Crippen LogP contribution in [0, 0.1) is 5.41 Å². The molecule has 2 rings (SSSR count). The monoisotopic (exact) mass is 364 g/mol. The molecule has 0 fully saturated rings. The molecular formula is C16H20N4O4S. The molecular weight excluding hydrogens is 344 g/mol. The van der Waals surface area contributed by atoms with Crippen molar-refractivity contribution in [1.82, 2.24) is 9.97 Å². The second-order valence-corrected chi connectivity index (χ2v) is 7.93. The quantitative estimate of drug-likeness (QED) is 0.842. The number of ether oxygens (including phenoxy) is 1. The highest BCUT2D eigenvalue weighted by Gasteiger charge is 2.22. The van der Waals surface area contributed by atoms with Crippen molar-refractivity contribution in [2.24, 2.45) is 5.41 Å². The Morgan fingerprint density at radius 2 is 1.68 bits per heavy atom. The van der Waals surface area contributed by atoms with E-state index in [4.69, 9.17) is 4.74 Å². The Labute approximate surface area is 146 Å². The third-order valence-corrected chi connectivity index (χ3v) is 4.55. The Kier molecular flexibility index (Phi) is 5.27. The number of amides is 1. The highest BCUT2D eigenvalue weighted by molar-refractivity contribution is 7.92. The summed E-state index contributed by atoms with van der Waals surface area (Å²) in [6.07, 6.45) is 2.74. The first-order chi connectivity index (χ1) is 11.6. The van der Waals surface area contributed by atoms with Crippen molar-refractivity contribution >= 4 is 27.4 Å². The number of aromatic nitrogens is 2. The van der Waals surface area contributed by atoms with E-state index in [1.165, 1.54) is 43.8 Å². The lowest BCUT2D eigenvalue weighted by molar-refractivity contribution is -0.123. The van der Waals surface area contributed by atoms with Crippen LogP contribution in [0.5, 0.6) is 5.88 Å². The Balaban J connectivity index is 2.19. The molecule has 0 saturated carbocycles. The van der Waals surface area contributed by atoms with Crippen LogP contribution in [0.4, 0.5) is 11.5 Å². The van der Waals surface area contributed by atoms with Crippen molar-refractivity contribution in [3.8, 4) is 5.88 Å². The van der Waals surface area contributed by atoms with E-state index in [1.54, 1.807) is 20.8 Å². The fourth-order valence-corrected chi connectivity index (χ4v) is 2.77. The van der Waals surface area contributed by atoms with Crippen molar-refractivity contribution in [3.63, 3.8) is 0 Å². The summed E-state index contributed by atoms with van der Waals surface area (Å²) in [5.74, 6) is -0.0965. The number of anilines is 2. The highest BCUT2D eigenvalue weighted by atomic mass is 32.2. The van der Waals surface area contributed by atoms with Gasteiger partial charge < -0.3 is 10.1 Å². The molecule has 0 spiro atoms. The maximum absolute atomic E-state index is 12.4. The third kappa shape index (κ3) is 4.66. The van der Waals surface area contributed by atoms with Crippen LogP contribution in [-0.2, 0) is 14.8 Å². The second kappa shape index (κ2) is 7.06. The molecule has 1 heterocycles. The zero-order valence-electron chi connectivity index (χ0n) is 14.4. The molecule has 9 heteroatoms. The maximum atomic E-state index is 12.4. The Hall–Kier alpha value is -2.68. The number of hydrogen-bond acceptors (Lipinski definition) is 6. The van der Waals surface area contributed by atoms with Crippen molar-refractivity contribution in [2.45, 2.75) is 25.7 Å². The lowest BCUT2D eigenvalue weighted by Crippen LogP contribution is -2.27. The smallest absolute Gasteiger partial charge is 0.263 e. The highest BCUT2D eigenvalue weighted by Crippen LogP contribution is 2.23. The van der Waals surface area contributed by atoms with Crippen molar-refractivity contribution in [2.75, 3.05) is 17.1 Å². The first-order valence-corrected chi connectivity index (χ1v) is 8.91. The average Bonchev–Trinajstić information content (AvgIpc) is 2.54. The van der Waals surface area contributed by atoms with Gasteiger partial charge in [-0.15, -0.1) is 0 Å². The van der Waals surface area contributed by atoms with E-state index in [0.29, 0.717) is 5.69 Å². The fraction of sp³-hybridized carbons (Fsp3) is 0.312. The van der Waals surface area contributed by atoms with Crippen LogP contribution in [0.3, 0.4) is 0 Å². The van der Waals surface area contributed by atoms with Gasteiger partial charge in [-0.1, -0.05) is 20.8 Å². The van der Waals surface area contributed by atoms with Crippen LogP contribution in [-0.4, -0.2) is 31.4 Å². The van der Waals surface area contributed by atoms with Gasteiger partial charge in [-0.25, -0.2) is 18.4 Å². The summed E-state index contributed by atoms with van der Waals surface area (Å²) in [5.41, 5.74) is -0.0366.